The summed E-state index contributed by atoms with van der Waals surface area (Å²) in [4.78, 5) is 7.51. The van der Waals surface area contributed by atoms with Crippen LogP contribution in [0, 0.1) is 18.6 Å². The molecule has 1 N–H and O–H groups in total. The van der Waals surface area contributed by atoms with Gasteiger partial charge in [0.25, 0.3) is 0 Å². The topological polar surface area (TPSA) is 54.3 Å². The van der Waals surface area contributed by atoms with Crippen LogP contribution in [-0.4, -0.2) is 54.2 Å². The molecule has 1 heterocycles. The van der Waals surface area contributed by atoms with Crippen molar-refractivity contribution in [1.82, 2.24) is 4.90 Å². The fraction of sp³-hybridized carbons (Fsp3) is 0.375. The molecule has 2 aromatic carbocycles. The molecule has 1 aliphatic rings. The number of aliphatic hydroxyl groups excluding tert-OH is 1. The number of halogens is 2. The van der Waals surface area contributed by atoms with Gasteiger partial charge in [-0.2, -0.15) is 0 Å². The van der Waals surface area contributed by atoms with E-state index in [1.54, 1.807) is 6.08 Å². The van der Waals surface area contributed by atoms with Gasteiger partial charge in [-0.1, -0.05) is 41.6 Å². The molecule has 2 aromatic rings. The zero-order valence-corrected chi connectivity index (χ0v) is 17.6. The molecular formula is C24H28F2N2O3. The molecule has 0 bridgehead atoms. The Balaban J connectivity index is 1.66. The number of aliphatic hydroxyl groups is 1. The number of aryl methyl sites for hydroxylation is 1. The van der Waals surface area contributed by atoms with Crippen LogP contribution < -0.4 is 0 Å². The van der Waals surface area contributed by atoms with Crippen LogP contribution in [0.3, 0.4) is 0 Å². The average molecular weight is 430 g/mol. The molecule has 1 aliphatic heterocycles. The van der Waals surface area contributed by atoms with Gasteiger partial charge in [-0.3, -0.25) is 4.90 Å². The minimum Gasteiger partial charge on any atom is -0.390 e. The van der Waals surface area contributed by atoms with E-state index in [1.807, 2.05) is 36.1 Å². The van der Waals surface area contributed by atoms with Crippen molar-refractivity contribution >= 4 is 5.71 Å². The summed E-state index contributed by atoms with van der Waals surface area (Å²) in [5.74, 6) is -1.24. The second-order valence-electron chi connectivity index (χ2n) is 7.69. The van der Waals surface area contributed by atoms with Crippen molar-refractivity contribution in [3.8, 4) is 0 Å². The predicted molar refractivity (Wildman–Crippen MR) is 116 cm³/mol. The number of nitrogens with zero attached hydrogens (tertiary/aromatic N) is 2. The summed E-state index contributed by atoms with van der Waals surface area (Å²) in [7, 11) is 0. The average Bonchev–Trinajstić information content (AvgIpc) is 3.18. The van der Waals surface area contributed by atoms with E-state index in [1.165, 1.54) is 12.1 Å². The summed E-state index contributed by atoms with van der Waals surface area (Å²) in [6, 6.07) is 11.5. The van der Waals surface area contributed by atoms with E-state index in [0.717, 1.165) is 22.9 Å². The van der Waals surface area contributed by atoms with E-state index in [0.29, 0.717) is 25.1 Å². The lowest BCUT2D eigenvalue weighted by Crippen LogP contribution is -2.39. The summed E-state index contributed by atoms with van der Waals surface area (Å²) in [5, 5.41) is 14.6. The first kappa shape index (κ1) is 23.1. The highest BCUT2D eigenvalue weighted by Gasteiger charge is 2.26. The van der Waals surface area contributed by atoms with Gasteiger partial charge in [0.2, 0.25) is 0 Å². The van der Waals surface area contributed by atoms with E-state index >= 15 is 0 Å². The Labute approximate surface area is 181 Å². The van der Waals surface area contributed by atoms with Crippen LogP contribution in [0.25, 0.3) is 0 Å². The Kier molecular flexibility index (Phi) is 8.28. The molecule has 0 radical (unpaired) electrons. The molecule has 5 nitrogen and oxygen atoms in total. The van der Waals surface area contributed by atoms with E-state index < -0.39 is 17.7 Å². The highest BCUT2D eigenvalue weighted by atomic mass is 19.1. The number of oxime groups is 1. The Bertz CT molecular complexity index is 919. The van der Waals surface area contributed by atoms with Gasteiger partial charge < -0.3 is 14.7 Å². The van der Waals surface area contributed by atoms with Gasteiger partial charge in [-0.05, 0) is 18.6 Å². The van der Waals surface area contributed by atoms with Crippen LogP contribution in [0.2, 0.25) is 0 Å². The smallest absolute Gasteiger partial charge is 0.145 e. The molecule has 0 saturated carbocycles. The van der Waals surface area contributed by atoms with Gasteiger partial charge in [0, 0.05) is 43.2 Å². The SMILES string of the molecule is C=CCOC[C@@H](O)CN(Cc1ccc(F)cc1F)C[C@@H]1CC(c2ccccc2C)=NO1. The standard InChI is InChI=1S/C24H28F2N2O3/c1-3-10-30-16-20(29)14-28(13-18-8-9-19(25)11-23(18)26)15-21-12-24(27-31-21)22-7-5-4-6-17(22)2/h3-9,11,20-21,29H,1,10,12-16H2,2H3/t20-,21-/m0/s1. The van der Waals surface area contributed by atoms with Crippen LogP contribution in [0.15, 0.2) is 60.3 Å². The number of ether oxygens (including phenoxy) is 1. The summed E-state index contributed by atoms with van der Waals surface area (Å²) in [5.41, 5.74) is 3.37. The second kappa shape index (κ2) is 11.1. The third kappa shape index (κ3) is 6.69. The van der Waals surface area contributed by atoms with Gasteiger partial charge in [-0.25, -0.2) is 8.78 Å². The number of hydrogen-bond acceptors (Lipinski definition) is 5. The first-order valence-corrected chi connectivity index (χ1v) is 10.3. The highest BCUT2D eigenvalue weighted by Crippen LogP contribution is 2.21. The highest BCUT2D eigenvalue weighted by molar-refractivity contribution is 6.02. The molecule has 3 rings (SSSR count). The largest absolute Gasteiger partial charge is 0.390 e. The molecule has 0 spiro atoms. The van der Waals surface area contributed by atoms with Crippen LogP contribution in [0.1, 0.15) is 23.1 Å². The zero-order valence-electron chi connectivity index (χ0n) is 17.6. The molecule has 31 heavy (non-hydrogen) atoms. The molecule has 0 fully saturated rings. The summed E-state index contributed by atoms with van der Waals surface area (Å²) in [6.07, 6.45) is 1.20. The quantitative estimate of drug-likeness (QED) is 0.435. The maximum Gasteiger partial charge on any atom is 0.145 e. The van der Waals surface area contributed by atoms with Crippen LogP contribution in [0.4, 0.5) is 8.78 Å². The van der Waals surface area contributed by atoms with Gasteiger partial charge in [-0.15, -0.1) is 6.58 Å². The monoisotopic (exact) mass is 430 g/mol. The maximum absolute atomic E-state index is 14.2. The lowest BCUT2D eigenvalue weighted by atomic mass is 10.00. The molecule has 7 heteroatoms. The molecular weight excluding hydrogens is 402 g/mol. The third-order valence-electron chi connectivity index (χ3n) is 5.07. The maximum atomic E-state index is 14.2. The van der Waals surface area contributed by atoms with Gasteiger partial charge in [0.1, 0.15) is 17.7 Å². The van der Waals surface area contributed by atoms with E-state index in [-0.39, 0.29) is 25.8 Å². The fourth-order valence-corrected chi connectivity index (χ4v) is 3.60. The molecule has 2 atom stereocenters. The van der Waals surface area contributed by atoms with Gasteiger partial charge in [0.15, 0.2) is 0 Å². The number of benzene rings is 2. The van der Waals surface area contributed by atoms with E-state index in [2.05, 4.69) is 11.7 Å². The van der Waals surface area contributed by atoms with Crippen LogP contribution >= 0.6 is 0 Å². The zero-order chi connectivity index (χ0) is 22.2. The third-order valence-corrected chi connectivity index (χ3v) is 5.07. The number of rotatable bonds is 11. The summed E-state index contributed by atoms with van der Waals surface area (Å²) in [6.45, 7) is 6.93. The minimum absolute atomic E-state index is 0.130. The van der Waals surface area contributed by atoms with Crippen molar-refractivity contribution < 1.29 is 23.5 Å². The van der Waals surface area contributed by atoms with Crippen molar-refractivity contribution in [2.24, 2.45) is 5.16 Å². The van der Waals surface area contributed by atoms with Crippen molar-refractivity contribution in [2.75, 3.05) is 26.3 Å². The van der Waals surface area contributed by atoms with Gasteiger partial charge >= 0.3 is 0 Å². The molecule has 0 aromatic heterocycles. The fourth-order valence-electron chi connectivity index (χ4n) is 3.60. The van der Waals surface area contributed by atoms with Crippen LogP contribution in [-0.2, 0) is 16.1 Å². The molecule has 0 amide bonds. The van der Waals surface area contributed by atoms with E-state index in [4.69, 9.17) is 9.57 Å². The predicted octanol–water partition coefficient (Wildman–Crippen LogP) is 3.83. The Hall–Kier alpha value is -2.61. The molecule has 0 saturated heterocycles. The first-order chi connectivity index (χ1) is 15.0. The normalized spacial score (nSPS) is 16.8. The summed E-state index contributed by atoms with van der Waals surface area (Å²) < 4.78 is 32.8. The van der Waals surface area contributed by atoms with Gasteiger partial charge in [0.05, 0.1) is 25.0 Å². The second-order valence-corrected chi connectivity index (χ2v) is 7.69. The first-order valence-electron chi connectivity index (χ1n) is 10.3. The van der Waals surface area contributed by atoms with Crippen LogP contribution in [0.5, 0.6) is 0 Å². The molecule has 0 aliphatic carbocycles. The molecule has 166 valence electrons. The van der Waals surface area contributed by atoms with Crippen molar-refractivity contribution in [2.45, 2.75) is 32.1 Å². The van der Waals surface area contributed by atoms with Crippen molar-refractivity contribution in [3.05, 3.63) is 83.4 Å². The number of hydrogen-bond donors (Lipinski definition) is 1. The van der Waals surface area contributed by atoms with E-state index in [9.17, 15) is 13.9 Å². The summed E-state index contributed by atoms with van der Waals surface area (Å²) >= 11 is 0. The Morgan fingerprint density at radius 3 is 2.87 bits per heavy atom. The Morgan fingerprint density at radius 2 is 2.13 bits per heavy atom. The lowest BCUT2D eigenvalue weighted by Gasteiger charge is -2.27. The lowest BCUT2D eigenvalue weighted by molar-refractivity contribution is 0.00309. The Morgan fingerprint density at radius 1 is 1.32 bits per heavy atom. The molecule has 0 unspecified atom stereocenters. The van der Waals surface area contributed by atoms with Crippen molar-refractivity contribution in [3.63, 3.8) is 0 Å². The van der Waals surface area contributed by atoms with Crippen molar-refractivity contribution in [1.29, 1.82) is 0 Å². The minimum atomic E-state index is -0.776.